The lowest BCUT2D eigenvalue weighted by molar-refractivity contribution is 0.0999. The number of hydrogen-bond donors (Lipinski definition) is 2. The Bertz CT molecular complexity index is 525. The molecule has 5 nitrogen and oxygen atoms in total. The monoisotopic (exact) mass is 248 g/mol. The molecule has 15 heavy (non-hydrogen) atoms. The summed E-state index contributed by atoms with van der Waals surface area (Å²) in [6, 6.07) is 2.29. The maximum Gasteiger partial charge on any atom is 0.249 e. The highest BCUT2D eigenvalue weighted by Crippen LogP contribution is 2.23. The molecule has 0 aliphatic rings. The highest BCUT2D eigenvalue weighted by Gasteiger charge is 2.15. The SMILES string of the molecule is Cc1c(Cl)cc(S(N)(=O)=O)cc1C(N)=O. The molecule has 4 N–H and O–H groups in total. The van der Waals surface area contributed by atoms with Gasteiger partial charge in [0, 0.05) is 10.6 Å². The van der Waals surface area contributed by atoms with Crippen molar-refractivity contribution in [2.45, 2.75) is 11.8 Å². The molecule has 1 rings (SSSR count). The lowest BCUT2D eigenvalue weighted by Crippen LogP contribution is -2.17. The molecule has 0 aliphatic carbocycles. The summed E-state index contributed by atoms with van der Waals surface area (Å²) in [6.07, 6.45) is 0. The van der Waals surface area contributed by atoms with Crippen LogP contribution in [0, 0.1) is 6.92 Å². The average molecular weight is 249 g/mol. The smallest absolute Gasteiger partial charge is 0.249 e. The molecule has 1 aromatic carbocycles. The molecule has 0 heterocycles. The number of benzene rings is 1. The molecule has 0 radical (unpaired) electrons. The Labute approximate surface area is 92.1 Å². The molecule has 0 saturated carbocycles. The predicted octanol–water partition coefficient (Wildman–Crippen LogP) is 0.395. The van der Waals surface area contributed by atoms with Crippen molar-refractivity contribution < 1.29 is 13.2 Å². The Morgan fingerprint density at radius 1 is 1.40 bits per heavy atom. The van der Waals surface area contributed by atoms with Gasteiger partial charge in [0.25, 0.3) is 0 Å². The third-order valence-corrected chi connectivity index (χ3v) is 3.20. The molecule has 0 spiro atoms. The van der Waals surface area contributed by atoms with Gasteiger partial charge >= 0.3 is 0 Å². The third-order valence-electron chi connectivity index (χ3n) is 1.91. The molecule has 0 fully saturated rings. The molecular weight excluding hydrogens is 240 g/mol. The zero-order valence-corrected chi connectivity index (χ0v) is 9.39. The largest absolute Gasteiger partial charge is 0.366 e. The van der Waals surface area contributed by atoms with Crippen LogP contribution in [-0.4, -0.2) is 14.3 Å². The van der Waals surface area contributed by atoms with E-state index in [1.54, 1.807) is 6.92 Å². The Morgan fingerprint density at radius 2 is 1.93 bits per heavy atom. The zero-order chi connectivity index (χ0) is 11.8. The van der Waals surface area contributed by atoms with E-state index < -0.39 is 15.9 Å². The summed E-state index contributed by atoms with van der Waals surface area (Å²) in [6.45, 7) is 1.56. The number of sulfonamides is 1. The first-order valence-corrected chi connectivity index (χ1v) is 5.78. The van der Waals surface area contributed by atoms with Crippen LogP contribution in [0.25, 0.3) is 0 Å². The molecular formula is C8H9ClN2O3S. The van der Waals surface area contributed by atoms with E-state index >= 15 is 0 Å². The van der Waals surface area contributed by atoms with Gasteiger partial charge in [-0.05, 0) is 24.6 Å². The second-order valence-corrected chi connectivity index (χ2v) is 4.96. The Kier molecular flexibility index (Phi) is 3.03. The van der Waals surface area contributed by atoms with Gasteiger partial charge in [-0.2, -0.15) is 0 Å². The number of carbonyl (C=O) groups is 1. The zero-order valence-electron chi connectivity index (χ0n) is 7.82. The minimum atomic E-state index is -3.89. The lowest BCUT2D eigenvalue weighted by Gasteiger charge is -2.06. The number of primary sulfonamides is 1. The summed E-state index contributed by atoms with van der Waals surface area (Å²) in [5.41, 5.74) is 5.54. The Balaban J connectivity index is 3.57. The fourth-order valence-electron chi connectivity index (χ4n) is 1.07. The van der Waals surface area contributed by atoms with Crippen LogP contribution in [0.2, 0.25) is 5.02 Å². The fourth-order valence-corrected chi connectivity index (χ4v) is 1.92. The average Bonchev–Trinajstić information content (AvgIpc) is 2.06. The van der Waals surface area contributed by atoms with Crippen LogP contribution in [-0.2, 0) is 10.0 Å². The van der Waals surface area contributed by atoms with Crippen molar-refractivity contribution in [1.82, 2.24) is 0 Å². The molecule has 0 aliphatic heterocycles. The lowest BCUT2D eigenvalue weighted by atomic mass is 10.1. The maximum absolute atomic E-state index is 11.0. The van der Waals surface area contributed by atoms with Gasteiger partial charge in [0.1, 0.15) is 0 Å². The summed E-state index contributed by atoms with van der Waals surface area (Å²) < 4.78 is 22.1. The van der Waals surface area contributed by atoms with Crippen LogP contribution < -0.4 is 10.9 Å². The molecule has 0 aromatic heterocycles. The Hall–Kier alpha value is -1.11. The first-order valence-electron chi connectivity index (χ1n) is 3.86. The van der Waals surface area contributed by atoms with Crippen molar-refractivity contribution in [3.63, 3.8) is 0 Å². The van der Waals surface area contributed by atoms with Crippen molar-refractivity contribution in [1.29, 1.82) is 0 Å². The summed E-state index contributed by atoms with van der Waals surface area (Å²) in [5.74, 6) is -0.750. The molecule has 0 unspecified atom stereocenters. The van der Waals surface area contributed by atoms with E-state index in [0.29, 0.717) is 5.56 Å². The van der Waals surface area contributed by atoms with E-state index in [1.165, 1.54) is 6.07 Å². The molecule has 0 atom stereocenters. The topological polar surface area (TPSA) is 103 Å². The third kappa shape index (κ3) is 2.47. The van der Waals surface area contributed by atoms with Gasteiger partial charge in [0.05, 0.1) is 4.90 Å². The number of halogens is 1. The number of amides is 1. The second kappa shape index (κ2) is 3.80. The minimum Gasteiger partial charge on any atom is -0.366 e. The minimum absolute atomic E-state index is 0.0477. The standard InChI is InChI=1S/C8H9ClN2O3S/c1-4-6(8(10)12)2-5(3-7(4)9)15(11,13)14/h2-3H,1H3,(H2,10,12)(H2,11,13,14). The van der Waals surface area contributed by atoms with E-state index in [1.807, 2.05) is 0 Å². The normalized spacial score (nSPS) is 11.4. The van der Waals surface area contributed by atoms with Crippen molar-refractivity contribution >= 4 is 27.5 Å². The highest BCUT2D eigenvalue weighted by atomic mass is 35.5. The molecule has 0 saturated heterocycles. The van der Waals surface area contributed by atoms with Gasteiger partial charge in [0.2, 0.25) is 15.9 Å². The van der Waals surface area contributed by atoms with Crippen LogP contribution in [0.1, 0.15) is 15.9 Å². The first kappa shape index (κ1) is 12.0. The van der Waals surface area contributed by atoms with Gasteiger partial charge in [-0.15, -0.1) is 0 Å². The van der Waals surface area contributed by atoms with Crippen LogP contribution in [0.5, 0.6) is 0 Å². The van der Waals surface area contributed by atoms with Crippen LogP contribution in [0.3, 0.4) is 0 Å². The summed E-state index contributed by atoms with van der Waals surface area (Å²) in [4.78, 5) is 10.8. The van der Waals surface area contributed by atoms with E-state index in [4.69, 9.17) is 22.5 Å². The molecule has 82 valence electrons. The van der Waals surface area contributed by atoms with Crippen LogP contribution in [0.4, 0.5) is 0 Å². The first-order chi connectivity index (χ1) is 6.73. The number of hydrogen-bond acceptors (Lipinski definition) is 3. The van der Waals surface area contributed by atoms with E-state index in [9.17, 15) is 13.2 Å². The highest BCUT2D eigenvalue weighted by molar-refractivity contribution is 7.89. The molecule has 1 aromatic rings. The van der Waals surface area contributed by atoms with Crippen molar-refractivity contribution in [2.75, 3.05) is 0 Å². The number of nitrogens with two attached hydrogens (primary N) is 2. The van der Waals surface area contributed by atoms with Crippen LogP contribution in [0.15, 0.2) is 17.0 Å². The molecule has 1 amide bonds. The summed E-state index contributed by atoms with van der Waals surface area (Å²) in [7, 11) is -3.89. The van der Waals surface area contributed by atoms with Crippen LogP contribution >= 0.6 is 11.6 Å². The predicted molar refractivity (Wildman–Crippen MR) is 56.1 cm³/mol. The van der Waals surface area contributed by atoms with Crippen molar-refractivity contribution in [3.8, 4) is 0 Å². The van der Waals surface area contributed by atoms with Gasteiger partial charge in [-0.25, -0.2) is 13.6 Å². The van der Waals surface area contributed by atoms with E-state index in [0.717, 1.165) is 6.07 Å². The summed E-state index contributed by atoms with van der Waals surface area (Å²) >= 11 is 5.74. The van der Waals surface area contributed by atoms with Crippen molar-refractivity contribution in [2.24, 2.45) is 10.9 Å². The van der Waals surface area contributed by atoms with E-state index in [2.05, 4.69) is 0 Å². The fraction of sp³-hybridized carbons (Fsp3) is 0.125. The molecule has 0 bridgehead atoms. The number of carbonyl (C=O) groups excluding carboxylic acids is 1. The number of primary amides is 1. The van der Waals surface area contributed by atoms with Gasteiger partial charge in [-0.3, -0.25) is 4.79 Å². The van der Waals surface area contributed by atoms with Crippen molar-refractivity contribution in [3.05, 3.63) is 28.3 Å². The molecule has 7 heteroatoms. The Morgan fingerprint density at radius 3 is 2.33 bits per heavy atom. The quantitative estimate of drug-likeness (QED) is 0.791. The maximum atomic E-state index is 11.0. The van der Waals surface area contributed by atoms with E-state index in [-0.39, 0.29) is 15.5 Å². The second-order valence-electron chi connectivity index (χ2n) is 2.99. The number of rotatable bonds is 2. The van der Waals surface area contributed by atoms with Gasteiger partial charge < -0.3 is 5.73 Å². The summed E-state index contributed by atoms with van der Waals surface area (Å²) in [5, 5.41) is 5.04. The van der Waals surface area contributed by atoms with Gasteiger partial charge in [0.15, 0.2) is 0 Å². The van der Waals surface area contributed by atoms with Gasteiger partial charge in [-0.1, -0.05) is 11.6 Å².